The average Bonchev–Trinajstić information content (AvgIpc) is 3.15. The minimum Gasteiger partial charge on any atom is -0.293 e. The van der Waals surface area contributed by atoms with Crippen LogP contribution in [-0.2, 0) is 12.8 Å². The smallest absolute Gasteiger partial charge is 0.173 e. The van der Waals surface area contributed by atoms with E-state index in [1.54, 1.807) is 12.1 Å². The fourth-order valence-electron chi connectivity index (χ4n) is 3.19. The summed E-state index contributed by atoms with van der Waals surface area (Å²) in [5.41, 5.74) is 5.23. The molecule has 1 aromatic heterocycles. The van der Waals surface area contributed by atoms with Crippen LogP contribution < -0.4 is 0 Å². The average molecular weight is 384 g/mol. The Kier molecular flexibility index (Phi) is 5.18. The van der Waals surface area contributed by atoms with Gasteiger partial charge in [-0.05, 0) is 67.1 Å². The van der Waals surface area contributed by atoms with Gasteiger partial charge in [-0.3, -0.25) is 4.79 Å². The summed E-state index contributed by atoms with van der Waals surface area (Å²) >= 11 is 2.98. The van der Waals surface area contributed by atoms with E-state index in [9.17, 15) is 9.18 Å². The molecule has 0 spiro atoms. The molecule has 2 aromatic carbocycles. The van der Waals surface area contributed by atoms with Gasteiger partial charge in [-0.25, -0.2) is 9.37 Å². The van der Waals surface area contributed by atoms with Crippen molar-refractivity contribution in [3.05, 3.63) is 70.4 Å². The molecule has 0 N–H and O–H groups in total. The molecule has 3 aromatic rings. The quantitative estimate of drug-likeness (QED) is 0.412. The molecule has 0 unspecified atom stereocenters. The van der Waals surface area contributed by atoms with Crippen molar-refractivity contribution in [2.75, 3.05) is 5.75 Å². The molecule has 0 aliphatic heterocycles. The molecule has 1 aliphatic rings. The zero-order chi connectivity index (χ0) is 17.9. The van der Waals surface area contributed by atoms with Gasteiger partial charge in [0.1, 0.15) is 5.82 Å². The number of nitrogens with zero attached hydrogens (tertiary/aromatic N) is 1. The molecule has 5 heteroatoms. The number of hydrogen-bond acceptors (Lipinski definition) is 4. The molecule has 4 rings (SSSR count). The van der Waals surface area contributed by atoms with E-state index in [-0.39, 0.29) is 11.6 Å². The minimum absolute atomic E-state index is 0.141. The number of carbonyl (C=O) groups excluding carboxylic acids is 1. The molecule has 0 saturated carbocycles. The maximum atomic E-state index is 13.0. The second kappa shape index (κ2) is 7.72. The Bertz CT molecular complexity index is 933. The lowest BCUT2D eigenvalue weighted by Crippen LogP contribution is -2.07. The number of hydrogen-bond donors (Lipinski definition) is 0. The third-order valence-electron chi connectivity index (χ3n) is 4.62. The van der Waals surface area contributed by atoms with Crippen molar-refractivity contribution < 1.29 is 9.18 Å². The van der Waals surface area contributed by atoms with Crippen LogP contribution in [0, 0.1) is 5.82 Å². The van der Waals surface area contributed by atoms with Crippen molar-refractivity contribution in [1.29, 1.82) is 0 Å². The van der Waals surface area contributed by atoms with E-state index in [4.69, 9.17) is 0 Å². The second-order valence-corrected chi connectivity index (χ2v) is 8.49. The van der Waals surface area contributed by atoms with Gasteiger partial charge in [0.25, 0.3) is 0 Å². The van der Waals surface area contributed by atoms with Crippen LogP contribution in [0.1, 0.15) is 34.3 Å². The lowest BCUT2D eigenvalue weighted by molar-refractivity contribution is 0.102. The van der Waals surface area contributed by atoms with Gasteiger partial charge < -0.3 is 0 Å². The van der Waals surface area contributed by atoms with Gasteiger partial charge >= 0.3 is 0 Å². The van der Waals surface area contributed by atoms with Crippen LogP contribution in [0.4, 0.5) is 4.39 Å². The highest BCUT2D eigenvalue weighted by Gasteiger charge is 2.14. The van der Waals surface area contributed by atoms with Crippen molar-refractivity contribution >= 4 is 28.9 Å². The first-order chi connectivity index (χ1) is 12.7. The number of carbonyl (C=O) groups is 1. The van der Waals surface area contributed by atoms with Gasteiger partial charge in [0, 0.05) is 16.5 Å². The van der Waals surface area contributed by atoms with Crippen LogP contribution in [0.15, 0.2) is 52.2 Å². The number of benzene rings is 2. The zero-order valence-corrected chi connectivity index (χ0v) is 15.8. The van der Waals surface area contributed by atoms with Gasteiger partial charge in [0.15, 0.2) is 10.1 Å². The molecule has 26 heavy (non-hydrogen) atoms. The van der Waals surface area contributed by atoms with Crippen LogP contribution in [-0.4, -0.2) is 16.5 Å². The second-order valence-electron chi connectivity index (χ2n) is 6.41. The highest BCUT2D eigenvalue weighted by Crippen LogP contribution is 2.29. The largest absolute Gasteiger partial charge is 0.293 e. The van der Waals surface area contributed by atoms with Crippen molar-refractivity contribution in [2.24, 2.45) is 0 Å². The molecule has 0 fully saturated rings. The molecule has 1 heterocycles. The van der Waals surface area contributed by atoms with E-state index >= 15 is 0 Å². The molecule has 0 radical (unpaired) electrons. The molecule has 0 bridgehead atoms. The SMILES string of the molecule is O=C(CSc1nc(-c2ccc(F)cc2)cs1)c1ccc2c(c1)CCCC2. The molecular weight excluding hydrogens is 365 g/mol. The highest BCUT2D eigenvalue weighted by molar-refractivity contribution is 8.01. The zero-order valence-electron chi connectivity index (χ0n) is 14.2. The molecule has 2 nitrogen and oxygen atoms in total. The van der Waals surface area contributed by atoms with Gasteiger partial charge in [-0.1, -0.05) is 23.9 Å². The molecule has 132 valence electrons. The summed E-state index contributed by atoms with van der Waals surface area (Å²) in [6.45, 7) is 0. The van der Waals surface area contributed by atoms with E-state index in [0.717, 1.165) is 34.0 Å². The first-order valence-corrected chi connectivity index (χ1v) is 10.5. The summed E-state index contributed by atoms with van der Waals surface area (Å²) in [5.74, 6) is 0.269. The normalized spacial score (nSPS) is 13.4. The maximum absolute atomic E-state index is 13.0. The van der Waals surface area contributed by atoms with Gasteiger partial charge in [0.2, 0.25) is 0 Å². The molecule has 1 aliphatic carbocycles. The van der Waals surface area contributed by atoms with Crippen LogP contribution in [0.2, 0.25) is 0 Å². The summed E-state index contributed by atoms with van der Waals surface area (Å²) in [5, 5.41) is 1.94. The van der Waals surface area contributed by atoms with Crippen LogP contribution in [0.5, 0.6) is 0 Å². The Morgan fingerprint density at radius 3 is 2.65 bits per heavy atom. The van der Waals surface area contributed by atoms with Crippen LogP contribution in [0.25, 0.3) is 11.3 Å². The van der Waals surface area contributed by atoms with Gasteiger partial charge in [-0.15, -0.1) is 11.3 Å². The summed E-state index contributed by atoms with van der Waals surface area (Å²) in [6.07, 6.45) is 4.67. The number of aryl methyl sites for hydroxylation is 2. The number of thioether (sulfide) groups is 1. The Morgan fingerprint density at radius 1 is 1.08 bits per heavy atom. The fraction of sp³-hybridized carbons (Fsp3) is 0.238. The molecule has 0 saturated heterocycles. The van der Waals surface area contributed by atoms with Crippen LogP contribution in [0.3, 0.4) is 0 Å². The lowest BCUT2D eigenvalue weighted by Gasteiger charge is -2.16. The Hall–Kier alpha value is -1.98. The first kappa shape index (κ1) is 17.4. The van der Waals surface area contributed by atoms with E-state index in [1.165, 1.54) is 59.2 Å². The van der Waals surface area contributed by atoms with E-state index in [1.807, 2.05) is 11.4 Å². The van der Waals surface area contributed by atoms with Crippen molar-refractivity contribution in [3.8, 4) is 11.3 Å². The van der Waals surface area contributed by atoms with Crippen molar-refractivity contribution in [3.63, 3.8) is 0 Å². The van der Waals surface area contributed by atoms with Gasteiger partial charge in [-0.2, -0.15) is 0 Å². The van der Waals surface area contributed by atoms with E-state index in [0.29, 0.717) is 5.75 Å². The fourth-order valence-corrected chi connectivity index (χ4v) is 4.92. The van der Waals surface area contributed by atoms with E-state index in [2.05, 4.69) is 17.1 Å². The summed E-state index contributed by atoms with van der Waals surface area (Å²) in [7, 11) is 0. The van der Waals surface area contributed by atoms with E-state index < -0.39 is 0 Å². The molecule has 0 amide bonds. The Labute approximate surface area is 160 Å². The summed E-state index contributed by atoms with van der Waals surface area (Å²) in [4.78, 5) is 17.1. The number of aromatic nitrogens is 1. The molecular formula is C21H18FNOS2. The minimum atomic E-state index is -0.255. The van der Waals surface area contributed by atoms with Gasteiger partial charge in [0.05, 0.1) is 11.4 Å². The predicted octanol–water partition coefficient (Wildman–Crippen LogP) is 5.80. The molecule has 0 atom stereocenters. The first-order valence-electron chi connectivity index (χ1n) is 8.68. The number of Topliss-reactive ketones (excluding diaryl/α,β-unsaturated/α-hetero) is 1. The Morgan fingerprint density at radius 2 is 1.85 bits per heavy atom. The third kappa shape index (κ3) is 3.89. The third-order valence-corrected chi connectivity index (χ3v) is 6.64. The Balaban J connectivity index is 1.41. The van der Waals surface area contributed by atoms with Crippen LogP contribution >= 0.6 is 23.1 Å². The predicted molar refractivity (Wildman–Crippen MR) is 106 cm³/mol. The number of thiazole rings is 1. The summed E-state index contributed by atoms with van der Waals surface area (Å²) in [6, 6.07) is 12.4. The number of fused-ring (bicyclic) bond motifs is 1. The van der Waals surface area contributed by atoms with Crippen molar-refractivity contribution in [1.82, 2.24) is 4.98 Å². The lowest BCUT2D eigenvalue weighted by atomic mass is 9.90. The monoisotopic (exact) mass is 383 g/mol. The number of ketones is 1. The number of rotatable bonds is 5. The number of halogens is 1. The standard InChI is InChI=1S/C21H18FNOS2/c22-18-9-7-15(8-10-18)19-12-25-21(23-19)26-13-20(24)17-6-5-14-3-1-2-4-16(14)11-17/h5-12H,1-4,13H2. The highest BCUT2D eigenvalue weighted by atomic mass is 32.2. The maximum Gasteiger partial charge on any atom is 0.173 e. The van der Waals surface area contributed by atoms with Crippen molar-refractivity contribution in [2.45, 2.75) is 30.0 Å². The topological polar surface area (TPSA) is 30.0 Å². The summed E-state index contributed by atoms with van der Waals surface area (Å²) < 4.78 is 13.9.